The number of amides is 1. The molecule has 0 saturated carbocycles. The number of nitrogens with one attached hydrogen (secondary N) is 2. The van der Waals surface area contributed by atoms with Gasteiger partial charge in [0.05, 0.1) is 11.3 Å². The molecular weight excluding hydrogens is 318 g/mol. The van der Waals surface area contributed by atoms with E-state index in [4.69, 9.17) is 5.26 Å². The van der Waals surface area contributed by atoms with Gasteiger partial charge in [-0.05, 0) is 45.4 Å². The van der Waals surface area contributed by atoms with Crippen LogP contribution in [0.2, 0.25) is 0 Å². The fourth-order valence-corrected chi connectivity index (χ4v) is 1.92. The van der Waals surface area contributed by atoms with Gasteiger partial charge < -0.3 is 10.6 Å². The van der Waals surface area contributed by atoms with Crippen LogP contribution in [0.25, 0.3) is 0 Å². The van der Waals surface area contributed by atoms with Gasteiger partial charge in [0.1, 0.15) is 12.1 Å². The molecule has 0 bridgehead atoms. The number of hydrogen-bond donors (Lipinski definition) is 2. The van der Waals surface area contributed by atoms with E-state index in [1.54, 1.807) is 25.1 Å². The lowest BCUT2D eigenvalue weighted by molar-refractivity contribution is -0.123. The van der Waals surface area contributed by atoms with Crippen LogP contribution in [0.4, 0.5) is 5.69 Å². The highest BCUT2D eigenvalue weighted by molar-refractivity contribution is 9.10. The standard InChI is InChI=1S/C15H20BrN3O/c1-5-15(3,4)19-14(20)10(2)18-13-8-12(16)7-6-11(13)9-17/h6-8,10,18H,5H2,1-4H3,(H,19,20). The second-order valence-corrected chi connectivity index (χ2v) is 6.31. The van der Waals surface area contributed by atoms with Crippen molar-refractivity contribution in [2.75, 3.05) is 5.32 Å². The predicted molar refractivity (Wildman–Crippen MR) is 84.5 cm³/mol. The van der Waals surface area contributed by atoms with Gasteiger partial charge in [0.15, 0.2) is 0 Å². The number of carbonyl (C=O) groups excluding carboxylic acids is 1. The Labute approximate surface area is 128 Å². The third-order valence-corrected chi connectivity index (χ3v) is 3.71. The van der Waals surface area contributed by atoms with Gasteiger partial charge in [0.25, 0.3) is 0 Å². The quantitative estimate of drug-likeness (QED) is 0.865. The molecule has 5 heteroatoms. The maximum Gasteiger partial charge on any atom is 0.242 e. The van der Waals surface area contributed by atoms with E-state index < -0.39 is 6.04 Å². The second kappa shape index (κ2) is 6.76. The minimum atomic E-state index is -0.415. The molecule has 0 spiro atoms. The number of nitriles is 1. The monoisotopic (exact) mass is 337 g/mol. The lowest BCUT2D eigenvalue weighted by Gasteiger charge is -2.27. The van der Waals surface area contributed by atoms with Crippen molar-refractivity contribution in [3.05, 3.63) is 28.2 Å². The maximum atomic E-state index is 12.1. The number of anilines is 1. The molecule has 1 aromatic rings. The van der Waals surface area contributed by atoms with Gasteiger partial charge in [0, 0.05) is 10.0 Å². The van der Waals surface area contributed by atoms with E-state index in [0.29, 0.717) is 11.3 Å². The Kier molecular flexibility index (Phi) is 5.58. The molecule has 0 saturated heterocycles. The number of benzene rings is 1. The van der Waals surface area contributed by atoms with Crippen molar-refractivity contribution in [1.29, 1.82) is 5.26 Å². The molecule has 108 valence electrons. The van der Waals surface area contributed by atoms with E-state index in [9.17, 15) is 4.79 Å². The zero-order valence-corrected chi connectivity index (χ0v) is 13.8. The Morgan fingerprint density at radius 1 is 1.50 bits per heavy atom. The van der Waals surface area contributed by atoms with E-state index in [1.807, 2.05) is 20.8 Å². The number of nitrogens with zero attached hydrogens (tertiary/aromatic N) is 1. The normalized spacial score (nSPS) is 12.4. The predicted octanol–water partition coefficient (Wildman–Crippen LogP) is 3.43. The van der Waals surface area contributed by atoms with Crippen molar-refractivity contribution < 1.29 is 4.79 Å². The molecule has 2 N–H and O–H groups in total. The fourth-order valence-electron chi connectivity index (χ4n) is 1.56. The van der Waals surface area contributed by atoms with Crippen molar-refractivity contribution in [2.24, 2.45) is 0 Å². The summed E-state index contributed by atoms with van der Waals surface area (Å²) in [5, 5.41) is 15.1. The topological polar surface area (TPSA) is 64.9 Å². The SMILES string of the molecule is CCC(C)(C)NC(=O)C(C)Nc1cc(Br)ccc1C#N. The van der Waals surface area contributed by atoms with E-state index in [2.05, 4.69) is 32.6 Å². The highest BCUT2D eigenvalue weighted by atomic mass is 79.9. The van der Waals surface area contributed by atoms with E-state index in [1.165, 1.54) is 0 Å². The average Bonchev–Trinajstić information content (AvgIpc) is 2.38. The van der Waals surface area contributed by atoms with Gasteiger partial charge in [-0.1, -0.05) is 22.9 Å². The van der Waals surface area contributed by atoms with Gasteiger partial charge >= 0.3 is 0 Å². The third kappa shape index (κ3) is 4.53. The van der Waals surface area contributed by atoms with Crippen molar-refractivity contribution in [3.8, 4) is 6.07 Å². The molecule has 0 heterocycles. The van der Waals surface area contributed by atoms with Gasteiger partial charge in [-0.2, -0.15) is 5.26 Å². The lowest BCUT2D eigenvalue weighted by atomic mass is 10.0. The molecule has 1 amide bonds. The first-order chi connectivity index (χ1) is 9.29. The van der Waals surface area contributed by atoms with Gasteiger partial charge in [-0.3, -0.25) is 4.79 Å². The van der Waals surface area contributed by atoms with Crippen LogP contribution in [0.1, 0.15) is 39.7 Å². The number of halogens is 1. The van der Waals surface area contributed by atoms with Crippen LogP contribution in [0.3, 0.4) is 0 Å². The zero-order valence-electron chi connectivity index (χ0n) is 12.2. The smallest absolute Gasteiger partial charge is 0.242 e. The first-order valence-electron chi connectivity index (χ1n) is 6.57. The summed E-state index contributed by atoms with van der Waals surface area (Å²) in [5.74, 6) is -0.0827. The van der Waals surface area contributed by atoms with Gasteiger partial charge in [-0.15, -0.1) is 0 Å². The molecule has 0 fully saturated rings. The molecule has 0 aliphatic rings. The number of carbonyl (C=O) groups is 1. The van der Waals surface area contributed by atoms with Gasteiger partial charge in [-0.25, -0.2) is 0 Å². The summed E-state index contributed by atoms with van der Waals surface area (Å²) in [6.45, 7) is 7.78. The Morgan fingerprint density at radius 2 is 2.15 bits per heavy atom. The minimum Gasteiger partial charge on any atom is -0.373 e. The van der Waals surface area contributed by atoms with Crippen molar-refractivity contribution in [3.63, 3.8) is 0 Å². The molecule has 4 nitrogen and oxygen atoms in total. The molecule has 1 aromatic carbocycles. The number of rotatable bonds is 5. The zero-order chi connectivity index (χ0) is 15.3. The summed E-state index contributed by atoms with van der Waals surface area (Å²) < 4.78 is 0.862. The van der Waals surface area contributed by atoms with Crippen molar-refractivity contribution in [2.45, 2.75) is 45.7 Å². The summed E-state index contributed by atoms with van der Waals surface area (Å²) >= 11 is 3.36. The molecule has 20 heavy (non-hydrogen) atoms. The van der Waals surface area contributed by atoms with E-state index in [0.717, 1.165) is 10.9 Å². The Bertz CT molecular complexity index is 534. The molecular formula is C15H20BrN3O. The van der Waals surface area contributed by atoms with Crippen LogP contribution in [-0.4, -0.2) is 17.5 Å². The summed E-state index contributed by atoms with van der Waals surface area (Å²) in [5.41, 5.74) is 0.934. The Morgan fingerprint density at radius 3 is 2.70 bits per heavy atom. The van der Waals surface area contributed by atoms with E-state index >= 15 is 0 Å². The van der Waals surface area contributed by atoms with Crippen LogP contribution >= 0.6 is 15.9 Å². The summed E-state index contributed by atoms with van der Waals surface area (Å²) in [7, 11) is 0. The van der Waals surface area contributed by atoms with E-state index in [-0.39, 0.29) is 11.4 Å². The summed E-state index contributed by atoms with van der Waals surface area (Å²) in [4.78, 5) is 12.1. The van der Waals surface area contributed by atoms with Crippen molar-refractivity contribution in [1.82, 2.24) is 5.32 Å². The minimum absolute atomic E-state index is 0.0827. The first kappa shape index (κ1) is 16.5. The average molecular weight is 338 g/mol. The largest absolute Gasteiger partial charge is 0.373 e. The molecule has 0 aromatic heterocycles. The fraction of sp³-hybridized carbons (Fsp3) is 0.467. The van der Waals surface area contributed by atoms with Gasteiger partial charge in [0.2, 0.25) is 5.91 Å². The molecule has 0 radical (unpaired) electrons. The second-order valence-electron chi connectivity index (χ2n) is 5.39. The Balaban J connectivity index is 2.81. The lowest BCUT2D eigenvalue weighted by Crippen LogP contribution is -2.48. The molecule has 0 aliphatic carbocycles. The Hall–Kier alpha value is -1.54. The highest BCUT2D eigenvalue weighted by Gasteiger charge is 2.22. The summed E-state index contributed by atoms with van der Waals surface area (Å²) in [6.07, 6.45) is 0.853. The van der Waals surface area contributed by atoms with Crippen LogP contribution < -0.4 is 10.6 Å². The maximum absolute atomic E-state index is 12.1. The number of hydrogen-bond acceptors (Lipinski definition) is 3. The molecule has 0 aliphatic heterocycles. The third-order valence-electron chi connectivity index (χ3n) is 3.21. The van der Waals surface area contributed by atoms with Crippen LogP contribution in [0.5, 0.6) is 0 Å². The first-order valence-corrected chi connectivity index (χ1v) is 7.36. The van der Waals surface area contributed by atoms with Crippen LogP contribution in [0.15, 0.2) is 22.7 Å². The molecule has 1 unspecified atom stereocenters. The highest BCUT2D eigenvalue weighted by Crippen LogP contribution is 2.21. The summed E-state index contributed by atoms with van der Waals surface area (Å²) in [6, 6.07) is 7.01. The van der Waals surface area contributed by atoms with Crippen molar-refractivity contribution >= 4 is 27.5 Å². The van der Waals surface area contributed by atoms with Crippen LogP contribution in [-0.2, 0) is 4.79 Å². The van der Waals surface area contributed by atoms with Crippen LogP contribution in [0, 0.1) is 11.3 Å². The molecule has 1 atom stereocenters. The molecule has 1 rings (SSSR count).